The maximum Gasteiger partial charge on any atom is 0.225 e. The van der Waals surface area contributed by atoms with Crippen LogP contribution in [0.2, 0.25) is 5.02 Å². The van der Waals surface area contributed by atoms with Gasteiger partial charge >= 0.3 is 0 Å². The molecule has 2 rings (SSSR count). The van der Waals surface area contributed by atoms with Crippen LogP contribution in [0.25, 0.3) is 0 Å². The van der Waals surface area contributed by atoms with Crippen LogP contribution in [0.3, 0.4) is 0 Å². The van der Waals surface area contributed by atoms with Gasteiger partial charge in [-0.05, 0) is 24.6 Å². The highest BCUT2D eigenvalue weighted by Crippen LogP contribution is 2.20. The molecule has 22 heavy (non-hydrogen) atoms. The monoisotopic (exact) mass is 325 g/mol. The summed E-state index contributed by atoms with van der Waals surface area (Å²) < 4.78 is 5.31. The van der Waals surface area contributed by atoms with Crippen LogP contribution in [0.5, 0.6) is 0 Å². The van der Waals surface area contributed by atoms with E-state index in [9.17, 15) is 4.79 Å². The molecule has 122 valence electrons. The summed E-state index contributed by atoms with van der Waals surface area (Å²) in [4.78, 5) is 14.3. The Morgan fingerprint density at radius 1 is 1.32 bits per heavy atom. The molecular formula is C16H24ClN3O2. The van der Waals surface area contributed by atoms with E-state index in [1.165, 1.54) is 0 Å². The van der Waals surface area contributed by atoms with E-state index in [-0.39, 0.29) is 5.91 Å². The Hall–Kier alpha value is -1.14. The van der Waals surface area contributed by atoms with Gasteiger partial charge in [-0.15, -0.1) is 0 Å². The van der Waals surface area contributed by atoms with E-state index in [0.29, 0.717) is 18.0 Å². The Morgan fingerprint density at radius 2 is 2.09 bits per heavy atom. The minimum absolute atomic E-state index is 0.00393. The molecule has 1 saturated heterocycles. The van der Waals surface area contributed by atoms with Crippen molar-refractivity contribution in [1.82, 2.24) is 10.2 Å². The lowest BCUT2D eigenvalue weighted by Crippen LogP contribution is -2.40. The average molecular weight is 326 g/mol. The molecule has 0 spiro atoms. The van der Waals surface area contributed by atoms with Gasteiger partial charge in [0.25, 0.3) is 0 Å². The highest BCUT2D eigenvalue weighted by molar-refractivity contribution is 6.31. The lowest BCUT2D eigenvalue weighted by molar-refractivity contribution is -0.116. The zero-order valence-electron chi connectivity index (χ0n) is 13.0. The number of anilines is 1. The van der Waals surface area contributed by atoms with Crippen LogP contribution in [0.1, 0.15) is 12.0 Å². The van der Waals surface area contributed by atoms with Gasteiger partial charge in [-0.25, -0.2) is 0 Å². The Balaban J connectivity index is 1.60. The van der Waals surface area contributed by atoms with E-state index >= 15 is 0 Å². The van der Waals surface area contributed by atoms with Crippen LogP contribution in [0, 0.1) is 6.92 Å². The van der Waals surface area contributed by atoms with Crippen molar-refractivity contribution in [2.45, 2.75) is 13.3 Å². The quantitative estimate of drug-likeness (QED) is 0.752. The largest absolute Gasteiger partial charge is 0.379 e. The summed E-state index contributed by atoms with van der Waals surface area (Å²) in [5.74, 6) is 0.00393. The molecule has 0 radical (unpaired) electrons. The predicted octanol–water partition coefficient (Wildman–Crippen LogP) is 1.90. The van der Waals surface area contributed by atoms with Gasteiger partial charge in [-0.3, -0.25) is 9.69 Å². The molecule has 1 amide bonds. The lowest BCUT2D eigenvalue weighted by atomic mass is 10.2. The minimum Gasteiger partial charge on any atom is -0.379 e. The molecule has 0 aromatic heterocycles. The summed E-state index contributed by atoms with van der Waals surface area (Å²) in [7, 11) is 0. The number of nitrogens with zero attached hydrogens (tertiary/aromatic N) is 1. The molecule has 1 aliphatic heterocycles. The first-order chi connectivity index (χ1) is 10.6. The third-order valence-corrected chi connectivity index (χ3v) is 3.95. The van der Waals surface area contributed by atoms with Crippen molar-refractivity contribution in [2.75, 3.05) is 51.3 Å². The van der Waals surface area contributed by atoms with E-state index < -0.39 is 0 Å². The Morgan fingerprint density at radius 3 is 2.86 bits per heavy atom. The summed E-state index contributed by atoms with van der Waals surface area (Å²) in [6, 6.07) is 5.50. The van der Waals surface area contributed by atoms with Crippen LogP contribution < -0.4 is 10.6 Å². The SMILES string of the molecule is Cc1ccc(Cl)cc1NC(=O)CCNCCN1CCOCC1. The van der Waals surface area contributed by atoms with Gasteiger partial charge in [0.2, 0.25) is 5.91 Å². The summed E-state index contributed by atoms with van der Waals surface area (Å²) in [6.07, 6.45) is 0.453. The highest BCUT2D eigenvalue weighted by atomic mass is 35.5. The van der Waals surface area contributed by atoms with E-state index in [1.807, 2.05) is 19.1 Å². The fourth-order valence-corrected chi connectivity index (χ4v) is 2.50. The molecule has 5 nitrogen and oxygen atoms in total. The number of carbonyl (C=O) groups is 1. The smallest absolute Gasteiger partial charge is 0.225 e. The number of benzene rings is 1. The van der Waals surface area contributed by atoms with Crippen LogP contribution >= 0.6 is 11.6 Å². The standard InChI is InChI=1S/C16H24ClN3O2/c1-13-2-3-14(17)12-15(13)19-16(21)4-5-18-6-7-20-8-10-22-11-9-20/h2-3,12,18H,4-11H2,1H3,(H,19,21). The van der Waals surface area contributed by atoms with Crippen molar-refractivity contribution in [3.8, 4) is 0 Å². The molecule has 1 aromatic carbocycles. The van der Waals surface area contributed by atoms with Gasteiger partial charge in [0.1, 0.15) is 0 Å². The van der Waals surface area contributed by atoms with Crippen molar-refractivity contribution in [3.63, 3.8) is 0 Å². The number of nitrogens with one attached hydrogen (secondary N) is 2. The second-order valence-electron chi connectivity index (χ2n) is 5.46. The number of halogens is 1. The molecule has 0 bridgehead atoms. The van der Waals surface area contributed by atoms with Gasteiger partial charge in [0, 0.05) is 49.9 Å². The van der Waals surface area contributed by atoms with E-state index in [2.05, 4.69) is 15.5 Å². The molecule has 6 heteroatoms. The first-order valence-corrected chi connectivity index (χ1v) is 8.10. The Bertz CT molecular complexity index is 490. The van der Waals surface area contributed by atoms with E-state index in [0.717, 1.165) is 50.6 Å². The number of amides is 1. The Kier molecular flexibility index (Phi) is 7.12. The second kappa shape index (κ2) is 9.10. The fraction of sp³-hybridized carbons (Fsp3) is 0.562. The number of carbonyl (C=O) groups excluding carboxylic acids is 1. The highest BCUT2D eigenvalue weighted by Gasteiger charge is 2.09. The molecule has 1 aromatic rings. The number of hydrogen-bond acceptors (Lipinski definition) is 4. The van der Waals surface area contributed by atoms with Gasteiger partial charge in [-0.2, -0.15) is 0 Å². The maximum absolute atomic E-state index is 11.9. The molecule has 1 fully saturated rings. The maximum atomic E-state index is 11.9. The fourth-order valence-electron chi connectivity index (χ4n) is 2.33. The van der Waals surface area contributed by atoms with Gasteiger partial charge < -0.3 is 15.4 Å². The third-order valence-electron chi connectivity index (χ3n) is 3.71. The number of ether oxygens (including phenoxy) is 1. The normalized spacial score (nSPS) is 15.7. The zero-order chi connectivity index (χ0) is 15.8. The summed E-state index contributed by atoms with van der Waals surface area (Å²) >= 11 is 5.94. The molecule has 0 atom stereocenters. The minimum atomic E-state index is 0.00393. The van der Waals surface area contributed by atoms with Crippen molar-refractivity contribution in [1.29, 1.82) is 0 Å². The van der Waals surface area contributed by atoms with Crippen molar-refractivity contribution in [2.24, 2.45) is 0 Å². The van der Waals surface area contributed by atoms with Crippen molar-refractivity contribution in [3.05, 3.63) is 28.8 Å². The first kappa shape index (κ1) is 17.2. The second-order valence-corrected chi connectivity index (χ2v) is 5.90. The molecular weight excluding hydrogens is 302 g/mol. The van der Waals surface area contributed by atoms with Crippen molar-refractivity contribution < 1.29 is 9.53 Å². The summed E-state index contributed by atoms with van der Waals surface area (Å²) in [6.45, 7) is 8.15. The van der Waals surface area contributed by atoms with E-state index in [1.54, 1.807) is 6.07 Å². The Labute approximate surface area is 137 Å². The number of morpholine rings is 1. The third kappa shape index (κ3) is 5.93. The van der Waals surface area contributed by atoms with Crippen LogP contribution in [0.15, 0.2) is 18.2 Å². The van der Waals surface area contributed by atoms with Crippen molar-refractivity contribution >= 4 is 23.2 Å². The van der Waals surface area contributed by atoms with Gasteiger partial charge in [0.05, 0.1) is 13.2 Å². The molecule has 0 aliphatic carbocycles. The van der Waals surface area contributed by atoms with Crippen LogP contribution in [0.4, 0.5) is 5.69 Å². The number of rotatable bonds is 7. The predicted molar refractivity (Wildman–Crippen MR) is 89.6 cm³/mol. The molecule has 0 unspecified atom stereocenters. The topological polar surface area (TPSA) is 53.6 Å². The first-order valence-electron chi connectivity index (χ1n) is 7.72. The number of aryl methyl sites for hydroxylation is 1. The average Bonchev–Trinajstić information content (AvgIpc) is 2.51. The zero-order valence-corrected chi connectivity index (χ0v) is 13.8. The van der Waals surface area contributed by atoms with Gasteiger partial charge in [-0.1, -0.05) is 17.7 Å². The van der Waals surface area contributed by atoms with Crippen LogP contribution in [-0.4, -0.2) is 56.7 Å². The number of hydrogen-bond donors (Lipinski definition) is 2. The van der Waals surface area contributed by atoms with Gasteiger partial charge in [0.15, 0.2) is 0 Å². The summed E-state index contributed by atoms with van der Waals surface area (Å²) in [5, 5.41) is 6.84. The van der Waals surface area contributed by atoms with Crippen LogP contribution in [-0.2, 0) is 9.53 Å². The lowest BCUT2D eigenvalue weighted by Gasteiger charge is -2.26. The van der Waals surface area contributed by atoms with E-state index in [4.69, 9.17) is 16.3 Å². The summed E-state index contributed by atoms with van der Waals surface area (Å²) in [5.41, 5.74) is 1.80. The molecule has 0 saturated carbocycles. The molecule has 2 N–H and O–H groups in total. The molecule has 1 aliphatic rings. The molecule has 1 heterocycles.